The molecule has 100 valence electrons. The predicted octanol–water partition coefficient (Wildman–Crippen LogP) is 0.580. The number of H-pyrrole nitrogens is 1. The molecule has 1 saturated heterocycles. The molecule has 1 aliphatic rings. The number of fused-ring (bicyclic) bond motifs is 1. The fourth-order valence-electron chi connectivity index (χ4n) is 2.51. The molecule has 1 fully saturated rings. The molecule has 19 heavy (non-hydrogen) atoms. The molecule has 0 amide bonds. The highest BCUT2D eigenvalue weighted by molar-refractivity contribution is 5.78. The van der Waals surface area contributed by atoms with Crippen LogP contribution in [0.25, 0.3) is 10.9 Å². The molecular weight excluding hydrogens is 246 g/mol. The number of hydrogen-bond donors (Lipinski definition) is 2. The van der Waals surface area contributed by atoms with Crippen LogP contribution < -0.4 is 21.3 Å². The van der Waals surface area contributed by atoms with E-state index in [0.717, 1.165) is 19.4 Å². The van der Waals surface area contributed by atoms with Crippen LogP contribution in [0, 0.1) is 0 Å². The minimum Gasteiger partial charge on any atom is -0.497 e. The first-order chi connectivity index (χ1) is 9.20. The summed E-state index contributed by atoms with van der Waals surface area (Å²) in [7, 11) is 1.54. The average molecular weight is 261 g/mol. The lowest BCUT2D eigenvalue weighted by Crippen LogP contribution is -2.41. The highest BCUT2D eigenvalue weighted by Gasteiger charge is 2.20. The van der Waals surface area contributed by atoms with Gasteiger partial charge in [0.15, 0.2) is 0 Å². The van der Waals surface area contributed by atoms with E-state index in [1.165, 1.54) is 4.57 Å². The summed E-state index contributed by atoms with van der Waals surface area (Å²) in [5.41, 5.74) is -0.144. The van der Waals surface area contributed by atoms with Gasteiger partial charge in [0.2, 0.25) is 0 Å². The smallest absolute Gasteiger partial charge is 0.330 e. The van der Waals surface area contributed by atoms with Crippen LogP contribution in [0.4, 0.5) is 0 Å². The van der Waals surface area contributed by atoms with Gasteiger partial charge in [0.25, 0.3) is 5.56 Å². The Morgan fingerprint density at radius 3 is 2.89 bits per heavy atom. The number of nitrogens with zero attached hydrogens (tertiary/aromatic N) is 1. The zero-order valence-corrected chi connectivity index (χ0v) is 10.6. The maximum absolute atomic E-state index is 12.4. The van der Waals surface area contributed by atoms with E-state index >= 15 is 0 Å². The number of hydrogen-bond acceptors (Lipinski definition) is 4. The van der Waals surface area contributed by atoms with Crippen LogP contribution >= 0.6 is 0 Å². The third-order valence-electron chi connectivity index (χ3n) is 3.48. The van der Waals surface area contributed by atoms with Gasteiger partial charge in [0, 0.05) is 6.07 Å². The first kappa shape index (κ1) is 12.0. The van der Waals surface area contributed by atoms with Gasteiger partial charge < -0.3 is 9.72 Å². The largest absolute Gasteiger partial charge is 0.497 e. The molecule has 3 rings (SSSR count). The zero-order chi connectivity index (χ0) is 13.4. The standard InChI is InChI=1S/C13H15N3O3/c1-19-8-4-5-9-10(7-8)15-13(18)16(12(9)17)11-3-2-6-14-11/h4-5,7,11,14H,2-3,6H2,1H3,(H,15,18). The van der Waals surface area contributed by atoms with Gasteiger partial charge in [0.1, 0.15) is 5.75 Å². The Labute approximate surface area is 109 Å². The van der Waals surface area contributed by atoms with E-state index < -0.39 is 0 Å². The summed E-state index contributed by atoms with van der Waals surface area (Å²) in [5.74, 6) is 0.610. The van der Waals surface area contributed by atoms with E-state index in [4.69, 9.17) is 4.74 Å². The molecule has 1 aliphatic heterocycles. The quantitative estimate of drug-likeness (QED) is 0.829. The molecule has 2 aromatic rings. The number of aromatic amines is 1. The number of benzene rings is 1. The van der Waals surface area contributed by atoms with Crippen molar-refractivity contribution in [3.63, 3.8) is 0 Å². The lowest BCUT2D eigenvalue weighted by molar-refractivity contribution is 0.415. The third kappa shape index (κ3) is 1.94. The summed E-state index contributed by atoms with van der Waals surface area (Å²) in [6.07, 6.45) is 1.56. The second kappa shape index (κ2) is 4.55. The maximum atomic E-state index is 12.4. The van der Waals surface area contributed by atoms with E-state index in [9.17, 15) is 9.59 Å². The molecule has 1 aromatic carbocycles. The number of nitrogens with one attached hydrogen (secondary N) is 2. The summed E-state index contributed by atoms with van der Waals surface area (Å²) < 4.78 is 6.35. The van der Waals surface area contributed by atoms with Crippen LogP contribution in [-0.4, -0.2) is 23.2 Å². The second-order valence-corrected chi connectivity index (χ2v) is 4.63. The van der Waals surface area contributed by atoms with Crippen LogP contribution in [0.1, 0.15) is 19.0 Å². The van der Waals surface area contributed by atoms with Crippen LogP contribution in [0.5, 0.6) is 5.75 Å². The van der Waals surface area contributed by atoms with E-state index in [1.807, 2.05) is 0 Å². The molecule has 0 aliphatic carbocycles. The van der Waals surface area contributed by atoms with Gasteiger partial charge in [-0.3, -0.25) is 10.1 Å². The number of ether oxygens (including phenoxy) is 1. The highest BCUT2D eigenvalue weighted by Crippen LogP contribution is 2.17. The van der Waals surface area contributed by atoms with Gasteiger partial charge in [-0.2, -0.15) is 0 Å². The Kier molecular flexibility index (Phi) is 2.87. The molecule has 2 N–H and O–H groups in total. The molecule has 0 saturated carbocycles. The average Bonchev–Trinajstić information content (AvgIpc) is 2.91. The summed E-state index contributed by atoms with van der Waals surface area (Å²) in [6.45, 7) is 0.831. The Morgan fingerprint density at radius 1 is 1.37 bits per heavy atom. The van der Waals surface area contributed by atoms with Gasteiger partial charge in [-0.25, -0.2) is 9.36 Å². The van der Waals surface area contributed by atoms with Crippen LogP contribution in [0.3, 0.4) is 0 Å². The monoisotopic (exact) mass is 261 g/mol. The summed E-state index contributed by atoms with van der Waals surface area (Å²) in [6, 6.07) is 5.05. The number of rotatable bonds is 2. The molecular formula is C13H15N3O3. The van der Waals surface area contributed by atoms with Crippen molar-refractivity contribution in [2.75, 3.05) is 13.7 Å². The van der Waals surface area contributed by atoms with E-state index in [1.54, 1.807) is 25.3 Å². The van der Waals surface area contributed by atoms with E-state index in [2.05, 4.69) is 10.3 Å². The van der Waals surface area contributed by atoms with Crippen molar-refractivity contribution in [1.82, 2.24) is 14.9 Å². The minimum atomic E-state index is -0.384. The molecule has 2 heterocycles. The molecule has 6 heteroatoms. The van der Waals surface area contributed by atoms with Crippen molar-refractivity contribution in [2.45, 2.75) is 19.0 Å². The van der Waals surface area contributed by atoms with Crippen LogP contribution in [-0.2, 0) is 0 Å². The lowest BCUT2D eigenvalue weighted by Gasteiger charge is -2.13. The Bertz CT molecular complexity index is 726. The third-order valence-corrected chi connectivity index (χ3v) is 3.48. The van der Waals surface area contributed by atoms with Crippen molar-refractivity contribution >= 4 is 10.9 Å². The number of methoxy groups -OCH3 is 1. The number of aromatic nitrogens is 2. The summed E-state index contributed by atoms with van der Waals surface area (Å²) in [4.78, 5) is 27.2. The molecule has 0 bridgehead atoms. The SMILES string of the molecule is COc1ccc2c(=O)n(C3CCCN3)c(=O)[nH]c2c1. The van der Waals surface area contributed by atoms with Gasteiger partial charge in [-0.05, 0) is 31.5 Å². The Morgan fingerprint density at radius 2 is 2.21 bits per heavy atom. The zero-order valence-electron chi connectivity index (χ0n) is 10.6. The van der Waals surface area contributed by atoms with Gasteiger partial charge in [-0.1, -0.05) is 0 Å². The summed E-state index contributed by atoms with van der Waals surface area (Å²) >= 11 is 0. The first-order valence-corrected chi connectivity index (χ1v) is 6.26. The molecule has 1 atom stereocenters. The molecule has 0 spiro atoms. The second-order valence-electron chi connectivity index (χ2n) is 4.63. The lowest BCUT2D eigenvalue weighted by atomic mass is 10.2. The van der Waals surface area contributed by atoms with Gasteiger partial charge in [-0.15, -0.1) is 0 Å². The molecule has 1 unspecified atom stereocenters. The normalized spacial score (nSPS) is 18.9. The van der Waals surface area contributed by atoms with Gasteiger partial charge in [0.05, 0.1) is 24.2 Å². The Hall–Kier alpha value is -2.08. The van der Waals surface area contributed by atoms with Crippen LogP contribution in [0.2, 0.25) is 0 Å². The van der Waals surface area contributed by atoms with Crippen molar-refractivity contribution in [1.29, 1.82) is 0 Å². The van der Waals surface area contributed by atoms with Crippen molar-refractivity contribution in [3.8, 4) is 5.75 Å². The topological polar surface area (TPSA) is 76.1 Å². The first-order valence-electron chi connectivity index (χ1n) is 6.26. The molecule has 1 aromatic heterocycles. The highest BCUT2D eigenvalue weighted by atomic mass is 16.5. The summed E-state index contributed by atoms with van der Waals surface area (Å²) in [5, 5.41) is 3.65. The van der Waals surface area contributed by atoms with E-state index in [-0.39, 0.29) is 17.4 Å². The van der Waals surface area contributed by atoms with Crippen molar-refractivity contribution in [2.24, 2.45) is 0 Å². The van der Waals surface area contributed by atoms with Crippen molar-refractivity contribution < 1.29 is 4.74 Å². The minimum absolute atomic E-state index is 0.206. The predicted molar refractivity (Wildman–Crippen MR) is 71.7 cm³/mol. The maximum Gasteiger partial charge on any atom is 0.330 e. The molecule has 6 nitrogen and oxygen atoms in total. The fourth-order valence-corrected chi connectivity index (χ4v) is 2.51. The van der Waals surface area contributed by atoms with E-state index in [0.29, 0.717) is 16.7 Å². The molecule has 0 radical (unpaired) electrons. The van der Waals surface area contributed by atoms with Crippen molar-refractivity contribution in [3.05, 3.63) is 39.0 Å². The van der Waals surface area contributed by atoms with Gasteiger partial charge >= 0.3 is 5.69 Å². The Balaban J connectivity index is 2.25. The fraction of sp³-hybridized carbons (Fsp3) is 0.385. The van der Waals surface area contributed by atoms with Crippen LogP contribution in [0.15, 0.2) is 27.8 Å².